The van der Waals surface area contributed by atoms with Gasteiger partial charge in [0.1, 0.15) is 5.75 Å². The summed E-state index contributed by atoms with van der Waals surface area (Å²) in [5.74, 6) is 1.21. The first-order valence-corrected chi connectivity index (χ1v) is 5.13. The molecule has 0 aliphatic heterocycles. The van der Waals surface area contributed by atoms with Crippen LogP contribution in [0.3, 0.4) is 0 Å². The second-order valence-electron chi connectivity index (χ2n) is 3.88. The van der Waals surface area contributed by atoms with Gasteiger partial charge < -0.3 is 9.84 Å². The highest BCUT2D eigenvalue weighted by Gasteiger charge is 2.26. The lowest BCUT2D eigenvalue weighted by atomic mass is 9.96. The third-order valence-electron chi connectivity index (χ3n) is 3.02. The van der Waals surface area contributed by atoms with E-state index >= 15 is 0 Å². The van der Waals surface area contributed by atoms with Crippen LogP contribution >= 0.6 is 0 Å². The lowest BCUT2D eigenvalue weighted by Gasteiger charge is -2.14. The van der Waals surface area contributed by atoms with Crippen molar-refractivity contribution < 1.29 is 9.84 Å². The molecule has 1 saturated carbocycles. The fourth-order valence-electron chi connectivity index (χ4n) is 2.18. The summed E-state index contributed by atoms with van der Waals surface area (Å²) in [5.41, 5.74) is 1.23. The molecular formula is C12H16O2. The lowest BCUT2D eigenvalue weighted by Crippen LogP contribution is -2.10. The van der Waals surface area contributed by atoms with E-state index < -0.39 is 0 Å². The Morgan fingerprint density at radius 2 is 1.93 bits per heavy atom. The lowest BCUT2D eigenvalue weighted by molar-refractivity contribution is 0.164. The number of ether oxygens (including phenoxy) is 1. The molecule has 1 aromatic carbocycles. The van der Waals surface area contributed by atoms with Gasteiger partial charge in [0.15, 0.2) is 0 Å². The predicted molar refractivity (Wildman–Crippen MR) is 55.6 cm³/mol. The van der Waals surface area contributed by atoms with Crippen LogP contribution < -0.4 is 4.74 Å². The van der Waals surface area contributed by atoms with Gasteiger partial charge in [0.2, 0.25) is 0 Å². The van der Waals surface area contributed by atoms with Crippen LogP contribution in [0, 0.1) is 0 Å². The van der Waals surface area contributed by atoms with Crippen LogP contribution in [0.2, 0.25) is 0 Å². The van der Waals surface area contributed by atoms with Gasteiger partial charge in [-0.3, -0.25) is 0 Å². The van der Waals surface area contributed by atoms with Crippen molar-refractivity contribution >= 4 is 0 Å². The molecule has 1 aliphatic carbocycles. The monoisotopic (exact) mass is 192 g/mol. The number of hydrogen-bond donors (Lipinski definition) is 1. The zero-order valence-corrected chi connectivity index (χ0v) is 8.44. The van der Waals surface area contributed by atoms with E-state index in [1.807, 2.05) is 12.1 Å². The van der Waals surface area contributed by atoms with Gasteiger partial charge in [-0.15, -0.1) is 0 Å². The quantitative estimate of drug-likeness (QED) is 0.779. The number of aliphatic hydroxyl groups is 1. The fraction of sp³-hybridized carbons (Fsp3) is 0.500. The van der Waals surface area contributed by atoms with E-state index in [-0.39, 0.29) is 6.10 Å². The highest BCUT2D eigenvalue weighted by molar-refractivity contribution is 5.30. The minimum absolute atomic E-state index is 0.150. The highest BCUT2D eigenvalue weighted by Crippen LogP contribution is 2.34. The van der Waals surface area contributed by atoms with Crippen molar-refractivity contribution in [2.45, 2.75) is 31.3 Å². The molecule has 1 N–H and O–H groups in total. The van der Waals surface area contributed by atoms with E-state index in [1.165, 1.54) is 5.56 Å². The van der Waals surface area contributed by atoms with Crippen molar-refractivity contribution in [3.8, 4) is 5.75 Å². The van der Waals surface area contributed by atoms with Crippen molar-refractivity contribution in [2.75, 3.05) is 7.11 Å². The summed E-state index contributed by atoms with van der Waals surface area (Å²) < 4.78 is 5.10. The van der Waals surface area contributed by atoms with Crippen LogP contribution in [0.15, 0.2) is 24.3 Å². The fourth-order valence-corrected chi connectivity index (χ4v) is 2.18. The van der Waals surface area contributed by atoms with Gasteiger partial charge in [-0.2, -0.15) is 0 Å². The topological polar surface area (TPSA) is 29.5 Å². The summed E-state index contributed by atoms with van der Waals surface area (Å²) in [6, 6.07) is 8.02. The smallest absolute Gasteiger partial charge is 0.118 e. The normalized spacial score (nSPS) is 26.4. The molecule has 0 radical (unpaired) electrons. The Bertz CT molecular complexity index is 292. The maximum absolute atomic E-state index is 9.74. The van der Waals surface area contributed by atoms with Gasteiger partial charge in [0.25, 0.3) is 0 Å². The first kappa shape index (κ1) is 9.53. The van der Waals surface area contributed by atoms with E-state index in [1.54, 1.807) is 7.11 Å². The molecule has 2 atom stereocenters. The second-order valence-corrected chi connectivity index (χ2v) is 3.88. The van der Waals surface area contributed by atoms with Crippen LogP contribution in [0.5, 0.6) is 5.75 Å². The maximum atomic E-state index is 9.74. The molecule has 0 saturated heterocycles. The summed E-state index contributed by atoms with van der Waals surface area (Å²) in [6.45, 7) is 0. The van der Waals surface area contributed by atoms with E-state index in [4.69, 9.17) is 4.74 Å². The molecule has 0 heterocycles. The SMILES string of the molecule is COc1ccc(C2CCCC2O)cc1. The largest absolute Gasteiger partial charge is 0.497 e. The van der Waals surface area contributed by atoms with Crippen LogP contribution in [-0.2, 0) is 0 Å². The maximum Gasteiger partial charge on any atom is 0.118 e. The molecular weight excluding hydrogens is 176 g/mol. The second kappa shape index (κ2) is 4.01. The Morgan fingerprint density at radius 3 is 2.43 bits per heavy atom. The molecule has 1 aliphatic rings. The average Bonchev–Trinajstić information content (AvgIpc) is 2.65. The third-order valence-corrected chi connectivity index (χ3v) is 3.02. The predicted octanol–water partition coefficient (Wildman–Crippen LogP) is 2.32. The van der Waals surface area contributed by atoms with Crippen LogP contribution in [0.25, 0.3) is 0 Å². The summed E-state index contributed by atoms with van der Waals surface area (Å²) in [5, 5.41) is 9.74. The molecule has 76 valence electrons. The molecule has 14 heavy (non-hydrogen) atoms. The van der Waals surface area contributed by atoms with Crippen molar-refractivity contribution in [1.82, 2.24) is 0 Å². The summed E-state index contributed by atoms with van der Waals surface area (Å²) in [6.07, 6.45) is 3.03. The summed E-state index contributed by atoms with van der Waals surface area (Å²) in [4.78, 5) is 0. The van der Waals surface area contributed by atoms with Gasteiger partial charge in [-0.1, -0.05) is 18.6 Å². The Labute approximate surface area is 84.5 Å². The molecule has 0 spiro atoms. The molecule has 0 bridgehead atoms. The minimum atomic E-state index is -0.150. The number of aliphatic hydroxyl groups excluding tert-OH is 1. The van der Waals surface area contributed by atoms with E-state index in [2.05, 4.69) is 12.1 Å². The van der Waals surface area contributed by atoms with Crippen LogP contribution in [0.1, 0.15) is 30.7 Å². The Hall–Kier alpha value is -1.02. The molecule has 2 rings (SSSR count). The molecule has 2 unspecified atom stereocenters. The molecule has 0 aromatic heterocycles. The zero-order chi connectivity index (χ0) is 9.97. The molecule has 0 amide bonds. The molecule has 1 fully saturated rings. The van der Waals surface area contributed by atoms with Crippen LogP contribution in [-0.4, -0.2) is 18.3 Å². The number of methoxy groups -OCH3 is 1. The van der Waals surface area contributed by atoms with Gasteiger partial charge >= 0.3 is 0 Å². The van der Waals surface area contributed by atoms with E-state index in [0.29, 0.717) is 5.92 Å². The van der Waals surface area contributed by atoms with Crippen molar-refractivity contribution in [3.05, 3.63) is 29.8 Å². The summed E-state index contributed by atoms with van der Waals surface area (Å²) in [7, 11) is 1.67. The van der Waals surface area contributed by atoms with Gasteiger partial charge in [-0.25, -0.2) is 0 Å². The Morgan fingerprint density at radius 1 is 1.21 bits per heavy atom. The first-order valence-electron chi connectivity index (χ1n) is 5.13. The molecule has 2 heteroatoms. The van der Waals surface area contributed by atoms with Gasteiger partial charge in [0, 0.05) is 5.92 Å². The molecule has 1 aromatic rings. The van der Waals surface area contributed by atoms with E-state index in [0.717, 1.165) is 25.0 Å². The first-order chi connectivity index (χ1) is 6.81. The average molecular weight is 192 g/mol. The zero-order valence-electron chi connectivity index (χ0n) is 8.44. The van der Waals surface area contributed by atoms with Crippen molar-refractivity contribution in [2.24, 2.45) is 0 Å². The van der Waals surface area contributed by atoms with Crippen molar-refractivity contribution in [3.63, 3.8) is 0 Å². The van der Waals surface area contributed by atoms with E-state index in [9.17, 15) is 5.11 Å². The Kier molecular flexibility index (Phi) is 2.73. The standard InChI is InChI=1S/C12H16O2/c1-14-10-7-5-9(6-8-10)11-3-2-4-12(11)13/h5-8,11-13H,2-4H2,1H3. The third kappa shape index (κ3) is 1.75. The number of hydrogen-bond acceptors (Lipinski definition) is 2. The highest BCUT2D eigenvalue weighted by atomic mass is 16.5. The van der Waals surface area contributed by atoms with Crippen molar-refractivity contribution in [1.29, 1.82) is 0 Å². The number of rotatable bonds is 2. The molecule has 2 nitrogen and oxygen atoms in total. The summed E-state index contributed by atoms with van der Waals surface area (Å²) >= 11 is 0. The van der Waals surface area contributed by atoms with Gasteiger partial charge in [0.05, 0.1) is 13.2 Å². The Balaban J connectivity index is 2.16. The van der Waals surface area contributed by atoms with Gasteiger partial charge in [-0.05, 0) is 30.5 Å². The van der Waals surface area contributed by atoms with Crippen LogP contribution in [0.4, 0.5) is 0 Å². The minimum Gasteiger partial charge on any atom is -0.497 e. The number of benzene rings is 1.